The second-order valence-electron chi connectivity index (χ2n) is 6.05. The molecule has 0 unspecified atom stereocenters. The lowest BCUT2D eigenvalue weighted by Gasteiger charge is -2.24. The predicted octanol–water partition coefficient (Wildman–Crippen LogP) is 1.68. The van der Waals surface area contributed by atoms with Crippen molar-refractivity contribution in [1.82, 2.24) is 15.1 Å². The number of carbonyl (C=O) groups is 1. The molecule has 0 aromatic heterocycles. The number of urea groups is 1. The van der Waals surface area contributed by atoms with Gasteiger partial charge in [-0.2, -0.15) is 0 Å². The van der Waals surface area contributed by atoms with Gasteiger partial charge in [-0.1, -0.05) is 17.7 Å². The van der Waals surface area contributed by atoms with Crippen LogP contribution in [0.1, 0.15) is 22.3 Å². The Morgan fingerprint density at radius 3 is 2.18 bits per heavy atom. The first-order chi connectivity index (χ1) is 10.3. The van der Waals surface area contributed by atoms with Crippen molar-refractivity contribution in [1.29, 1.82) is 0 Å². The Morgan fingerprint density at radius 2 is 1.68 bits per heavy atom. The molecule has 2 N–H and O–H groups in total. The molecular weight excluding hydrogens is 278 g/mol. The lowest BCUT2D eigenvalue weighted by Crippen LogP contribution is -2.44. The fraction of sp³-hybridized carbons (Fsp3) is 0.588. The van der Waals surface area contributed by atoms with Gasteiger partial charge in [-0.15, -0.1) is 0 Å². The Morgan fingerprint density at radius 1 is 1.09 bits per heavy atom. The van der Waals surface area contributed by atoms with Crippen molar-refractivity contribution in [2.45, 2.75) is 27.3 Å². The average Bonchev–Trinajstić information content (AvgIpc) is 2.41. The molecule has 0 saturated carbocycles. The molecule has 1 rings (SSSR count). The van der Waals surface area contributed by atoms with Crippen LogP contribution < -0.4 is 5.32 Å². The number of rotatable bonds is 7. The molecule has 0 spiro atoms. The number of hydrogen-bond donors (Lipinski definition) is 2. The quantitative estimate of drug-likeness (QED) is 0.806. The monoisotopic (exact) mass is 307 g/mol. The summed E-state index contributed by atoms with van der Waals surface area (Å²) < 4.78 is 0. The van der Waals surface area contributed by atoms with Crippen LogP contribution in [0.15, 0.2) is 12.1 Å². The minimum atomic E-state index is -0.129. The van der Waals surface area contributed by atoms with Crippen LogP contribution >= 0.6 is 0 Å². The number of aryl methyl sites for hydroxylation is 3. The van der Waals surface area contributed by atoms with E-state index in [0.29, 0.717) is 19.6 Å². The van der Waals surface area contributed by atoms with E-state index < -0.39 is 0 Å². The lowest BCUT2D eigenvalue weighted by atomic mass is 10.00. The van der Waals surface area contributed by atoms with Gasteiger partial charge in [0.2, 0.25) is 0 Å². The lowest BCUT2D eigenvalue weighted by molar-refractivity contribution is 0.171. The van der Waals surface area contributed by atoms with Gasteiger partial charge < -0.3 is 20.2 Å². The van der Waals surface area contributed by atoms with Crippen LogP contribution in [0.25, 0.3) is 0 Å². The van der Waals surface area contributed by atoms with E-state index in [1.807, 2.05) is 19.0 Å². The van der Waals surface area contributed by atoms with Gasteiger partial charge in [-0.05, 0) is 51.6 Å². The number of carbonyl (C=O) groups excluding carboxylic acids is 1. The zero-order valence-electron chi connectivity index (χ0n) is 14.4. The van der Waals surface area contributed by atoms with Crippen LogP contribution in [0.3, 0.4) is 0 Å². The van der Waals surface area contributed by atoms with Gasteiger partial charge in [-0.25, -0.2) is 4.79 Å². The Balaban J connectivity index is 2.66. The first kappa shape index (κ1) is 18.5. The number of aliphatic hydroxyl groups is 1. The molecule has 0 saturated heterocycles. The maximum absolute atomic E-state index is 12.3. The highest BCUT2D eigenvalue weighted by atomic mass is 16.3. The van der Waals surface area contributed by atoms with E-state index in [4.69, 9.17) is 5.11 Å². The van der Waals surface area contributed by atoms with Crippen LogP contribution in [0, 0.1) is 20.8 Å². The van der Waals surface area contributed by atoms with Crippen molar-refractivity contribution in [3.05, 3.63) is 34.4 Å². The van der Waals surface area contributed by atoms with Gasteiger partial charge in [0, 0.05) is 26.2 Å². The summed E-state index contributed by atoms with van der Waals surface area (Å²) in [4.78, 5) is 16.0. The van der Waals surface area contributed by atoms with Crippen LogP contribution in [-0.2, 0) is 6.54 Å². The third kappa shape index (κ3) is 5.66. The number of nitrogens with zero attached hydrogens (tertiary/aromatic N) is 2. The van der Waals surface area contributed by atoms with Gasteiger partial charge in [0.1, 0.15) is 0 Å². The van der Waals surface area contributed by atoms with Gasteiger partial charge in [-0.3, -0.25) is 0 Å². The number of amides is 2. The van der Waals surface area contributed by atoms with E-state index in [-0.39, 0.29) is 12.6 Å². The molecule has 5 nitrogen and oxygen atoms in total. The van der Waals surface area contributed by atoms with E-state index >= 15 is 0 Å². The summed E-state index contributed by atoms with van der Waals surface area (Å²) in [5.74, 6) is 0. The molecular formula is C17H29N3O2. The Hall–Kier alpha value is -1.59. The van der Waals surface area contributed by atoms with Crippen LogP contribution in [0.4, 0.5) is 4.79 Å². The maximum Gasteiger partial charge on any atom is 0.317 e. The molecule has 5 heteroatoms. The van der Waals surface area contributed by atoms with E-state index in [1.165, 1.54) is 16.7 Å². The van der Waals surface area contributed by atoms with Crippen molar-refractivity contribution >= 4 is 6.03 Å². The smallest absolute Gasteiger partial charge is 0.317 e. The Bertz CT molecular complexity index is 478. The SMILES string of the molecule is Cc1cc(C)c(CNC(=O)N(CCO)CCN(C)C)c(C)c1. The van der Waals surface area contributed by atoms with E-state index in [1.54, 1.807) is 4.90 Å². The maximum atomic E-state index is 12.3. The molecule has 0 aliphatic heterocycles. The minimum absolute atomic E-state index is 0.0244. The van der Waals surface area contributed by atoms with Crippen LogP contribution in [0.2, 0.25) is 0 Å². The van der Waals surface area contributed by atoms with Crippen LogP contribution in [-0.4, -0.2) is 61.3 Å². The molecule has 0 bridgehead atoms. The normalized spacial score (nSPS) is 10.9. The molecule has 0 atom stereocenters. The third-order valence-electron chi connectivity index (χ3n) is 3.73. The second-order valence-corrected chi connectivity index (χ2v) is 6.05. The molecule has 124 valence electrons. The predicted molar refractivity (Wildman–Crippen MR) is 90.1 cm³/mol. The molecule has 2 amide bonds. The Labute approximate surface area is 133 Å². The summed E-state index contributed by atoms with van der Waals surface area (Å²) in [6.45, 7) is 8.43. The largest absolute Gasteiger partial charge is 0.395 e. The van der Waals surface area contributed by atoms with Crippen molar-refractivity contribution in [2.24, 2.45) is 0 Å². The summed E-state index contributed by atoms with van der Waals surface area (Å²) >= 11 is 0. The average molecular weight is 307 g/mol. The molecule has 0 heterocycles. The molecule has 1 aromatic carbocycles. The van der Waals surface area contributed by atoms with E-state index in [2.05, 4.69) is 38.2 Å². The topological polar surface area (TPSA) is 55.8 Å². The molecule has 0 fully saturated rings. The molecule has 1 aromatic rings. The van der Waals surface area contributed by atoms with Crippen molar-refractivity contribution in [3.8, 4) is 0 Å². The van der Waals surface area contributed by atoms with E-state index in [0.717, 1.165) is 12.1 Å². The van der Waals surface area contributed by atoms with Crippen LogP contribution in [0.5, 0.6) is 0 Å². The van der Waals surface area contributed by atoms with Gasteiger partial charge in [0.25, 0.3) is 0 Å². The second kappa shape index (κ2) is 8.76. The molecule has 0 aliphatic rings. The summed E-state index contributed by atoms with van der Waals surface area (Å²) in [7, 11) is 3.93. The fourth-order valence-corrected chi connectivity index (χ4v) is 2.52. The van der Waals surface area contributed by atoms with E-state index in [9.17, 15) is 4.79 Å². The number of aliphatic hydroxyl groups excluding tert-OH is 1. The zero-order chi connectivity index (χ0) is 16.7. The van der Waals surface area contributed by atoms with Gasteiger partial charge >= 0.3 is 6.03 Å². The number of nitrogens with one attached hydrogen (secondary N) is 1. The first-order valence-corrected chi connectivity index (χ1v) is 7.70. The highest BCUT2D eigenvalue weighted by molar-refractivity contribution is 5.74. The van der Waals surface area contributed by atoms with Crippen molar-refractivity contribution < 1.29 is 9.90 Å². The molecule has 0 aliphatic carbocycles. The summed E-state index contributed by atoms with van der Waals surface area (Å²) in [6.07, 6.45) is 0. The summed E-state index contributed by atoms with van der Waals surface area (Å²) in [5, 5.41) is 12.1. The molecule has 22 heavy (non-hydrogen) atoms. The first-order valence-electron chi connectivity index (χ1n) is 7.70. The highest BCUT2D eigenvalue weighted by Crippen LogP contribution is 2.16. The van der Waals surface area contributed by atoms with Gasteiger partial charge in [0.05, 0.1) is 6.61 Å². The number of hydrogen-bond acceptors (Lipinski definition) is 3. The zero-order valence-corrected chi connectivity index (χ0v) is 14.4. The van der Waals surface area contributed by atoms with Gasteiger partial charge in [0.15, 0.2) is 0 Å². The number of likely N-dealkylation sites (N-methyl/N-ethyl adjacent to an activating group) is 1. The number of benzene rings is 1. The Kier molecular flexibility index (Phi) is 7.35. The summed E-state index contributed by atoms with van der Waals surface area (Å²) in [5.41, 5.74) is 4.79. The standard InChI is InChI=1S/C17H29N3O2/c1-13-10-14(2)16(15(3)11-13)12-18-17(22)20(8-9-21)7-6-19(4)5/h10-11,21H,6-9,12H2,1-5H3,(H,18,22). The third-order valence-corrected chi connectivity index (χ3v) is 3.73. The van der Waals surface area contributed by atoms with Crippen molar-refractivity contribution in [2.75, 3.05) is 40.3 Å². The molecule has 0 radical (unpaired) electrons. The summed E-state index contributed by atoms with van der Waals surface area (Å²) in [6, 6.07) is 4.13. The fourth-order valence-electron chi connectivity index (χ4n) is 2.52. The van der Waals surface area contributed by atoms with Crippen molar-refractivity contribution in [3.63, 3.8) is 0 Å². The minimum Gasteiger partial charge on any atom is -0.395 e. The highest BCUT2D eigenvalue weighted by Gasteiger charge is 2.13.